The van der Waals surface area contributed by atoms with Gasteiger partial charge in [-0.2, -0.15) is 0 Å². The molecule has 1 saturated heterocycles. The number of likely N-dealkylation sites (N-methyl/N-ethyl adjacent to an activating group) is 1. The molecule has 2 amide bonds. The third-order valence-electron chi connectivity index (χ3n) is 8.36. The molecule has 1 aliphatic heterocycles. The van der Waals surface area contributed by atoms with E-state index in [1.54, 1.807) is 42.5 Å². The summed E-state index contributed by atoms with van der Waals surface area (Å²) in [6.45, 7) is 0.736. The van der Waals surface area contributed by atoms with Gasteiger partial charge in [0.25, 0.3) is 0 Å². The summed E-state index contributed by atoms with van der Waals surface area (Å²) in [5, 5.41) is 35.7. The monoisotopic (exact) mass is 669 g/mol. The van der Waals surface area contributed by atoms with E-state index in [4.69, 9.17) is 14.2 Å². The van der Waals surface area contributed by atoms with Crippen LogP contribution in [0.1, 0.15) is 52.7 Å². The van der Waals surface area contributed by atoms with Gasteiger partial charge in [-0.05, 0) is 53.6 Å². The maximum atomic E-state index is 13.0. The van der Waals surface area contributed by atoms with Crippen LogP contribution in [-0.4, -0.2) is 71.6 Å². The number of hydrogen-bond acceptors (Lipinski definition) is 9. The van der Waals surface area contributed by atoms with Gasteiger partial charge in [-0.1, -0.05) is 78.9 Å². The minimum atomic E-state index is -0.887. The number of amides is 2. The number of esters is 1. The van der Waals surface area contributed by atoms with Crippen molar-refractivity contribution in [2.75, 3.05) is 32.6 Å². The smallest absolute Gasteiger partial charge is 0.328 e. The fraction of sp³-hybridized carbons (Fsp3) is 0.316. The molecule has 5 unspecified atom stereocenters. The number of urea groups is 1. The Kier molecular flexibility index (Phi) is 12.4. The largest absolute Gasteiger partial charge is 0.508 e. The molecule has 0 bridgehead atoms. The molecule has 5 atom stereocenters. The Balaban J connectivity index is 1.29. The van der Waals surface area contributed by atoms with Gasteiger partial charge >= 0.3 is 12.0 Å². The molecule has 258 valence electrons. The molecular formula is C38H43N3O8. The third-order valence-corrected chi connectivity index (χ3v) is 8.36. The molecule has 0 aromatic heterocycles. The van der Waals surface area contributed by atoms with E-state index in [9.17, 15) is 24.9 Å². The number of methoxy groups -OCH3 is 1. The van der Waals surface area contributed by atoms with E-state index >= 15 is 0 Å². The van der Waals surface area contributed by atoms with E-state index in [-0.39, 0.29) is 31.0 Å². The van der Waals surface area contributed by atoms with Crippen molar-refractivity contribution < 1.29 is 39.1 Å². The van der Waals surface area contributed by atoms with E-state index in [1.807, 2.05) is 72.6 Å². The summed E-state index contributed by atoms with van der Waals surface area (Å²) in [5.41, 5.74) is 4.37. The zero-order valence-electron chi connectivity index (χ0n) is 27.6. The first-order valence-electron chi connectivity index (χ1n) is 16.2. The topological polar surface area (TPSA) is 150 Å². The summed E-state index contributed by atoms with van der Waals surface area (Å²) in [5.74, 6) is -0.463. The number of nitrogens with one attached hydrogen (secondary N) is 2. The summed E-state index contributed by atoms with van der Waals surface area (Å²) in [7, 11) is 3.18. The molecule has 0 saturated carbocycles. The molecule has 0 aliphatic carbocycles. The van der Waals surface area contributed by atoms with E-state index in [0.29, 0.717) is 36.3 Å². The molecule has 5 rings (SSSR count). The van der Waals surface area contributed by atoms with Gasteiger partial charge in [-0.15, -0.1) is 0 Å². The highest BCUT2D eigenvalue weighted by Gasteiger charge is 2.33. The second-order valence-corrected chi connectivity index (χ2v) is 12.2. The number of aromatic hydroxyl groups is 1. The molecule has 1 aliphatic rings. The maximum Gasteiger partial charge on any atom is 0.328 e. The zero-order valence-corrected chi connectivity index (χ0v) is 27.6. The van der Waals surface area contributed by atoms with Crippen LogP contribution in [0.15, 0.2) is 103 Å². The van der Waals surface area contributed by atoms with Crippen molar-refractivity contribution >= 4 is 17.7 Å². The predicted molar refractivity (Wildman–Crippen MR) is 184 cm³/mol. The molecule has 1 fully saturated rings. The van der Waals surface area contributed by atoms with Crippen LogP contribution in [0.25, 0.3) is 0 Å². The molecule has 11 nitrogen and oxygen atoms in total. The number of carbonyl (C=O) groups is 2. The number of phenols is 1. The quantitative estimate of drug-likeness (QED) is 0.124. The normalized spacial score (nSPS) is 18.8. The summed E-state index contributed by atoms with van der Waals surface area (Å²) in [6, 6.07) is 29.2. The SMILES string of the molecule is COC(=O)C(Cc1ccccc1)NC(=O)Nc1cccc(C2OC(CN(C)CC(O)c3cccc(O)c3)CC(c3ccc(CO)cc3)O2)c1. The van der Waals surface area contributed by atoms with E-state index in [2.05, 4.69) is 10.6 Å². The van der Waals surface area contributed by atoms with Crippen molar-refractivity contribution in [1.82, 2.24) is 10.2 Å². The number of aliphatic hydroxyl groups excluding tert-OH is 2. The Morgan fingerprint density at radius 1 is 0.918 bits per heavy atom. The Bertz CT molecular complexity index is 1670. The Labute approximate surface area is 286 Å². The standard InChI is InChI=1S/C38H43N3O8/c1-41(23-34(44)28-10-7-13-31(43)20-28)22-32-21-35(27-16-14-26(24-42)15-17-27)49-37(48-32)29-11-6-12-30(19-29)39-38(46)40-33(36(45)47-2)18-25-8-4-3-5-9-25/h3-17,19-20,32-35,37,42-44H,18,21-24H2,1-2H3,(H2,39,40,46). The van der Waals surface area contributed by atoms with Crippen LogP contribution in [-0.2, 0) is 32.0 Å². The molecule has 1 heterocycles. The molecular weight excluding hydrogens is 626 g/mol. The summed E-state index contributed by atoms with van der Waals surface area (Å²) in [4.78, 5) is 27.5. The first-order chi connectivity index (χ1) is 23.7. The maximum absolute atomic E-state index is 13.0. The molecule has 4 aromatic carbocycles. The van der Waals surface area contributed by atoms with Crippen LogP contribution >= 0.6 is 0 Å². The number of ether oxygens (including phenoxy) is 3. The van der Waals surface area contributed by atoms with Crippen LogP contribution in [0.4, 0.5) is 10.5 Å². The van der Waals surface area contributed by atoms with Crippen LogP contribution in [0, 0.1) is 0 Å². The van der Waals surface area contributed by atoms with Crippen molar-refractivity contribution in [2.45, 2.75) is 50.1 Å². The number of rotatable bonds is 13. The van der Waals surface area contributed by atoms with Crippen LogP contribution < -0.4 is 10.6 Å². The lowest BCUT2D eigenvalue weighted by atomic mass is 9.99. The summed E-state index contributed by atoms with van der Waals surface area (Å²) >= 11 is 0. The van der Waals surface area contributed by atoms with Crippen LogP contribution in [0.2, 0.25) is 0 Å². The Morgan fingerprint density at radius 2 is 1.67 bits per heavy atom. The molecule has 49 heavy (non-hydrogen) atoms. The zero-order chi connectivity index (χ0) is 34.8. The summed E-state index contributed by atoms with van der Waals surface area (Å²) < 4.78 is 17.9. The Hall–Kier alpha value is -4.78. The molecule has 4 aromatic rings. The summed E-state index contributed by atoms with van der Waals surface area (Å²) in [6.07, 6.45) is -1.41. The predicted octanol–water partition coefficient (Wildman–Crippen LogP) is 5.00. The van der Waals surface area contributed by atoms with Gasteiger partial charge in [0.15, 0.2) is 6.29 Å². The highest BCUT2D eigenvalue weighted by molar-refractivity contribution is 5.92. The average molecular weight is 670 g/mol. The van der Waals surface area contributed by atoms with E-state index in [0.717, 1.165) is 16.7 Å². The number of aliphatic hydroxyl groups is 2. The molecule has 5 N–H and O–H groups in total. The van der Waals surface area contributed by atoms with Gasteiger partial charge in [0.05, 0.1) is 32.0 Å². The number of anilines is 1. The highest BCUT2D eigenvalue weighted by Crippen LogP contribution is 2.38. The average Bonchev–Trinajstić information content (AvgIpc) is 3.11. The van der Waals surface area contributed by atoms with Crippen LogP contribution in [0.5, 0.6) is 5.75 Å². The minimum absolute atomic E-state index is 0.0630. The van der Waals surface area contributed by atoms with Crippen molar-refractivity contribution in [3.8, 4) is 5.75 Å². The van der Waals surface area contributed by atoms with E-state index < -0.39 is 30.4 Å². The minimum Gasteiger partial charge on any atom is -0.508 e. The van der Waals surface area contributed by atoms with Gasteiger partial charge in [-0.3, -0.25) is 0 Å². The number of benzene rings is 4. The van der Waals surface area contributed by atoms with Crippen molar-refractivity contribution in [3.05, 3.63) is 131 Å². The molecule has 11 heteroatoms. The second-order valence-electron chi connectivity index (χ2n) is 12.2. The van der Waals surface area contributed by atoms with Crippen molar-refractivity contribution in [2.24, 2.45) is 0 Å². The first kappa shape index (κ1) is 35.5. The lowest BCUT2D eigenvalue weighted by molar-refractivity contribution is -0.252. The number of phenolic OH excluding ortho intramolecular Hbond substituents is 1. The lowest BCUT2D eigenvalue weighted by Gasteiger charge is -2.38. The first-order valence-corrected chi connectivity index (χ1v) is 16.2. The van der Waals surface area contributed by atoms with Crippen molar-refractivity contribution in [3.63, 3.8) is 0 Å². The third kappa shape index (κ3) is 10.1. The number of nitrogens with zero attached hydrogens (tertiary/aromatic N) is 1. The number of carbonyl (C=O) groups excluding carboxylic acids is 2. The lowest BCUT2D eigenvalue weighted by Crippen LogP contribution is -2.45. The van der Waals surface area contributed by atoms with Crippen LogP contribution in [0.3, 0.4) is 0 Å². The second kappa shape index (κ2) is 17.0. The van der Waals surface area contributed by atoms with Gasteiger partial charge in [-0.25, -0.2) is 9.59 Å². The van der Waals surface area contributed by atoms with Gasteiger partial charge in [0, 0.05) is 37.2 Å². The fourth-order valence-corrected chi connectivity index (χ4v) is 5.86. The number of hydrogen-bond donors (Lipinski definition) is 5. The van der Waals surface area contributed by atoms with Gasteiger partial charge in [0.1, 0.15) is 11.8 Å². The van der Waals surface area contributed by atoms with Gasteiger partial charge in [0.2, 0.25) is 0 Å². The van der Waals surface area contributed by atoms with E-state index in [1.165, 1.54) is 7.11 Å². The van der Waals surface area contributed by atoms with Gasteiger partial charge < -0.3 is 45.1 Å². The fourth-order valence-electron chi connectivity index (χ4n) is 5.86. The highest BCUT2D eigenvalue weighted by atomic mass is 16.7. The molecule has 0 spiro atoms. The van der Waals surface area contributed by atoms with Crippen molar-refractivity contribution in [1.29, 1.82) is 0 Å². The Morgan fingerprint density at radius 3 is 2.39 bits per heavy atom. The molecule has 0 radical (unpaired) electrons.